The van der Waals surface area contributed by atoms with Gasteiger partial charge in [-0.3, -0.25) is 9.59 Å². The lowest BCUT2D eigenvalue weighted by Gasteiger charge is -2.42. The summed E-state index contributed by atoms with van der Waals surface area (Å²) in [6.45, 7) is 2.33. The van der Waals surface area contributed by atoms with E-state index in [0.29, 0.717) is 0 Å². The molecule has 0 N–H and O–H groups in total. The average molecular weight is 317 g/mol. The van der Waals surface area contributed by atoms with Gasteiger partial charge in [-0.1, -0.05) is 5.11 Å². The molecule has 10 nitrogen and oxygen atoms in total. The highest BCUT2D eigenvalue weighted by Crippen LogP contribution is 2.28. The Bertz CT molecular complexity index is 452. The van der Waals surface area contributed by atoms with Crippen LogP contribution < -0.4 is 0 Å². The van der Waals surface area contributed by atoms with Crippen molar-refractivity contribution in [3.63, 3.8) is 0 Å². The maximum Gasteiger partial charge on any atom is 0.304 e. The third-order valence-electron chi connectivity index (χ3n) is 3.08. The number of hydrogen-bond donors (Lipinski definition) is 0. The number of esters is 2. The van der Waals surface area contributed by atoms with Crippen LogP contribution in [0.25, 0.3) is 10.4 Å². The van der Waals surface area contributed by atoms with Crippen molar-refractivity contribution in [3.05, 3.63) is 10.4 Å². The Morgan fingerprint density at radius 2 is 1.82 bits per heavy atom. The average Bonchev–Trinajstić information content (AvgIpc) is 2.45. The minimum Gasteiger partial charge on any atom is -0.463 e. The van der Waals surface area contributed by atoms with E-state index < -0.39 is 42.6 Å². The Hall–Kier alpha value is -1.87. The Labute approximate surface area is 127 Å². The zero-order valence-electron chi connectivity index (χ0n) is 12.8. The predicted molar refractivity (Wildman–Crippen MR) is 71.6 cm³/mol. The summed E-state index contributed by atoms with van der Waals surface area (Å²) in [6, 6.07) is -0.933. The second-order valence-corrected chi connectivity index (χ2v) is 4.55. The maximum atomic E-state index is 11.2. The third kappa shape index (κ3) is 4.57. The van der Waals surface area contributed by atoms with Crippen molar-refractivity contribution in [2.24, 2.45) is 5.11 Å². The molecule has 1 fully saturated rings. The fourth-order valence-electron chi connectivity index (χ4n) is 2.22. The number of carbonyl (C=O) groups is 2. The standard InChI is InChI=1S/C12H19N3O7/c1-6(16)20-5-8-10(18-3)11(19-4)9(14-15-13)12(22-8)21-7(2)17/h8-12H,5H2,1-4H3/t8-,9-,10-,11-,12?/m1/s1. The summed E-state index contributed by atoms with van der Waals surface area (Å²) in [6.07, 6.45) is -3.31. The van der Waals surface area contributed by atoms with E-state index in [9.17, 15) is 9.59 Å². The van der Waals surface area contributed by atoms with E-state index in [1.165, 1.54) is 28.1 Å². The van der Waals surface area contributed by atoms with Gasteiger partial charge in [0.15, 0.2) is 0 Å². The molecule has 0 saturated carbocycles. The zero-order chi connectivity index (χ0) is 16.7. The van der Waals surface area contributed by atoms with Crippen LogP contribution in [0.1, 0.15) is 13.8 Å². The number of ether oxygens (including phenoxy) is 5. The predicted octanol–water partition coefficient (Wildman–Crippen LogP) is 0.546. The van der Waals surface area contributed by atoms with Gasteiger partial charge in [-0.15, -0.1) is 0 Å². The molecule has 10 heteroatoms. The zero-order valence-corrected chi connectivity index (χ0v) is 12.8. The van der Waals surface area contributed by atoms with Gasteiger partial charge < -0.3 is 23.7 Å². The van der Waals surface area contributed by atoms with Gasteiger partial charge in [-0.25, -0.2) is 0 Å². The highest BCUT2D eigenvalue weighted by atomic mass is 16.7. The van der Waals surface area contributed by atoms with E-state index in [2.05, 4.69) is 10.0 Å². The van der Waals surface area contributed by atoms with Gasteiger partial charge in [0, 0.05) is 33.0 Å². The van der Waals surface area contributed by atoms with Crippen molar-refractivity contribution in [3.8, 4) is 0 Å². The molecule has 0 amide bonds. The third-order valence-corrected chi connectivity index (χ3v) is 3.08. The van der Waals surface area contributed by atoms with Crippen LogP contribution in [0.2, 0.25) is 0 Å². The van der Waals surface area contributed by atoms with Crippen molar-refractivity contribution in [2.75, 3.05) is 20.8 Å². The minimum atomic E-state index is -1.16. The molecule has 0 aromatic heterocycles. The number of methoxy groups -OCH3 is 2. The maximum absolute atomic E-state index is 11.2. The fraction of sp³-hybridized carbons (Fsp3) is 0.833. The summed E-state index contributed by atoms with van der Waals surface area (Å²) in [5.74, 6) is -1.10. The largest absolute Gasteiger partial charge is 0.463 e. The number of nitrogens with zero attached hydrogens (tertiary/aromatic N) is 3. The van der Waals surface area contributed by atoms with E-state index in [-0.39, 0.29) is 6.61 Å². The molecule has 1 heterocycles. The summed E-state index contributed by atoms with van der Waals surface area (Å²) in [5, 5.41) is 3.56. The molecule has 0 aliphatic carbocycles. The molecular formula is C12H19N3O7. The van der Waals surface area contributed by atoms with Crippen molar-refractivity contribution in [1.29, 1.82) is 0 Å². The molecule has 0 bridgehead atoms. The van der Waals surface area contributed by atoms with Crippen LogP contribution in [0.15, 0.2) is 5.11 Å². The van der Waals surface area contributed by atoms with Crippen LogP contribution in [0.4, 0.5) is 0 Å². The molecule has 0 spiro atoms. The first kappa shape index (κ1) is 18.2. The van der Waals surface area contributed by atoms with Crippen molar-refractivity contribution in [2.45, 2.75) is 44.5 Å². The van der Waals surface area contributed by atoms with Crippen molar-refractivity contribution < 1.29 is 33.3 Å². The van der Waals surface area contributed by atoms with Gasteiger partial charge in [0.05, 0.1) is 0 Å². The Morgan fingerprint density at radius 3 is 2.27 bits per heavy atom. The molecule has 0 aromatic carbocycles. The number of rotatable bonds is 6. The van der Waals surface area contributed by atoms with Gasteiger partial charge in [-0.2, -0.15) is 0 Å². The Kier molecular flexibility index (Phi) is 7.06. The van der Waals surface area contributed by atoms with Gasteiger partial charge in [0.1, 0.15) is 31.0 Å². The van der Waals surface area contributed by atoms with E-state index in [4.69, 9.17) is 29.2 Å². The molecule has 0 radical (unpaired) electrons. The van der Waals surface area contributed by atoms with E-state index in [1.54, 1.807) is 0 Å². The lowest BCUT2D eigenvalue weighted by atomic mass is 9.97. The summed E-state index contributed by atoms with van der Waals surface area (Å²) in [5.41, 5.74) is 8.68. The quantitative estimate of drug-likeness (QED) is 0.302. The molecule has 1 aliphatic heterocycles. The van der Waals surface area contributed by atoms with Gasteiger partial charge >= 0.3 is 11.9 Å². The van der Waals surface area contributed by atoms with E-state index in [1.807, 2.05) is 0 Å². The van der Waals surface area contributed by atoms with Crippen LogP contribution in [0.5, 0.6) is 0 Å². The van der Waals surface area contributed by atoms with Crippen molar-refractivity contribution >= 4 is 11.9 Å². The molecular weight excluding hydrogens is 298 g/mol. The number of azide groups is 1. The highest BCUT2D eigenvalue weighted by Gasteiger charge is 2.48. The van der Waals surface area contributed by atoms with Crippen LogP contribution in [0.3, 0.4) is 0 Å². The monoisotopic (exact) mass is 317 g/mol. The molecule has 124 valence electrons. The SMILES string of the molecule is CO[C@H]1[C@H](OC)[C@@H](N=[N+]=[N-])C(OC(C)=O)O[C@@H]1COC(C)=O. The number of hydrogen-bond acceptors (Lipinski definition) is 8. The summed E-state index contributed by atoms with van der Waals surface area (Å²) in [4.78, 5) is 24.9. The normalized spacial score (nSPS) is 31.0. The topological polar surface area (TPSA) is 129 Å². The van der Waals surface area contributed by atoms with Crippen LogP contribution in [-0.2, 0) is 33.3 Å². The highest BCUT2D eigenvalue weighted by molar-refractivity contribution is 5.66. The Morgan fingerprint density at radius 1 is 1.18 bits per heavy atom. The first-order chi connectivity index (χ1) is 10.4. The second-order valence-electron chi connectivity index (χ2n) is 4.55. The molecule has 1 aliphatic rings. The summed E-state index contributed by atoms with van der Waals surface area (Å²) < 4.78 is 26.1. The molecule has 22 heavy (non-hydrogen) atoms. The lowest BCUT2D eigenvalue weighted by Crippen LogP contribution is -2.60. The van der Waals surface area contributed by atoms with E-state index in [0.717, 1.165) is 0 Å². The molecule has 1 saturated heterocycles. The van der Waals surface area contributed by atoms with Gasteiger partial charge in [0.2, 0.25) is 6.29 Å². The smallest absolute Gasteiger partial charge is 0.304 e. The first-order valence-corrected chi connectivity index (χ1v) is 6.50. The lowest BCUT2D eigenvalue weighted by molar-refractivity contribution is -0.267. The first-order valence-electron chi connectivity index (χ1n) is 6.50. The van der Waals surface area contributed by atoms with Gasteiger partial charge in [-0.05, 0) is 5.53 Å². The summed E-state index contributed by atoms with van der Waals surface area (Å²) in [7, 11) is 2.82. The minimum absolute atomic E-state index is 0.117. The molecule has 1 unspecified atom stereocenters. The Balaban J connectivity index is 3.02. The van der Waals surface area contributed by atoms with Crippen LogP contribution in [-0.4, -0.2) is 63.4 Å². The fourth-order valence-corrected chi connectivity index (χ4v) is 2.22. The van der Waals surface area contributed by atoms with E-state index >= 15 is 0 Å². The molecule has 1 rings (SSSR count). The van der Waals surface area contributed by atoms with Crippen LogP contribution >= 0.6 is 0 Å². The van der Waals surface area contributed by atoms with Gasteiger partial charge in [0.25, 0.3) is 0 Å². The summed E-state index contributed by atoms with van der Waals surface area (Å²) >= 11 is 0. The molecule has 5 atom stereocenters. The van der Waals surface area contributed by atoms with Crippen LogP contribution in [0, 0.1) is 0 Å². The van der Waals surface area contributed by atoms with Crippen molar-refractivity contribution in [1.82, 2.24) is 0 Å². The number of carbonyl (C=O) groups excluding carboxylic acids is 2. The second kappa shape index (κ2) is 8.54. The molecule has 0 aromatic rings.